The van der Waals surface area contributed by atoms with Crippen LogP contribution in [0, 0.1) is 11.8 Å². The van der Waals surface area contributed by atoms with E-state index in [1.54, 1.807) is 6.07 Å². The van der Waals surface area contributed by atoms with Gasteiger partial charge in [-0.2, -0.15) is 0 Å². The first kappa shape index (κ1) is 29.3. The topological polar surface area (TPSA) is 114 Å². The number of carbonyl (C=O) groups is 4. The number of carbonyl (C=O) groups excluding carboxylic acids is 4. The van der Waals surface area contributed by atoms with E-state index in [2.05, 4.69) is 28.6 Å². The van der Waals surface area contributed by atoms with Gasteiger partial charge in [0.05, 0.1) is 6.04 Å². The van der Waals surface area contributed by atoms with Crippen molar-refractivity contribution in [2.45, 2.75) is 82.7 Å². The van der Waals surface area contributed by atoms with Gasteiger partial charge in [-0.15, -0.1) is 12.6 Å². The number of nitrogens with one attached hydrogen (secondary N) is 3. The number of rotatable bonds is 11. The number of thiol groups is 1. The molecule has 8 nitrogen and oxygen atoms in total. The maximum atomic E-state index is 13.3. The summed E-state index contributed by atoms with van der Waals surface area (Å²) in [4.78, 5) is 50.3. The number of ether oxygens (including phenoxy) is 1. The molecule has 0 unspecified atom stereocenters. The predicted molar refractivity (Wildman–Crippen MR) is 146 cm³/mol. The lowest BCUT2D eigenvalue weighted by Crippen LogP contribution is -2.52. The zero-order valence-electron chi connectivity index (χ0n) is 21.6. The first-order valence-electron chi connectivity index (χ1n) is 13.1. The van der Waals surface area contributed by atoms with E-state index >= 15 is 0 Å². The number of amides is 3. The lowest BCUT2D eigenvalue weighted by Gasteiger charge is -2.29. The molecule has 2 fully saturated rings. The minimum absolute atomic E-state index is 0.0888. The van der Waals surface area contributed by atoms with Gasteiger partial charge in [0.2, 0.25) is 16.9 Å². The molecular formula is C27H38ClN3O5S. The zero-order chi connectivity index (χ0) is 27.0. The summed E-state index contributed by atoms with van der Waals surface area (Å²) < 4.78 is 5.54. The third-order valence-corrected chi connectivity index (χ3v) is 7.92. The molecule has 3 atom stereocenters. The van der Waals surface area contributed by atoms with Gasteiger partial charge in [-0.05, 0) is 42.9 Å². The van der Waals surface area contributed by atoms with E-state index in [-0.39, 0.29) is 24.9 Å². The summed E-state index contributed by atoms with van der Waals surface area (Å²) in [6.07, 6.45) is 5.85. The summed E-state index contributed by atoms with van der Waals surface area (Å²) in [5, 5.41) is 8.29. The Bertz CT molecular complexity index is 983. The predicted octanol–water partition coefficient (Wildman–Crippen LogP) is 4.15. The van der Waals surface area contributed by atoms with E-state index in [0.29, 0.717) is 30.3 Å². The molecule has 0 bridgehead atoms. The summed E-state index contributed by atoms with van der Waals surface area (Å²) >= 11 is 10.1. The molecule has 0 radical (unpaired) electrons. The van der Waals surface area contributed by atoms with Crippen LogP contribution in [0.3, 0.4) is 0 Å². The third-order valence-electron chi connectivity index (χ3n) is 7.37. The van der Waals surface area contributed by atoms with Gasteiger partial charge in [0.1, 0.15) is 12.6 Å². The Hall–Kier alpha value is -2.26. The van der Waals surface area contributed by atoms with Crippen molar-refractivity contribution in [1.29, 1.82) is 0 Å². The molecule has 1 aromatic rings. The Kier molecular flexibility index (Phi) is 10.7. The van der Waals surface area contributed by atoms with Gasteiger partial charge in [0.15, 0.2) is 0 Å². The minimum Gasteiger partial charge on any atom is -0.449 e. The number of hydrogen-bond donors (Lipinski definition) is 4. The van der Waals surface area contributed by atoms with E-state index in [1.807, 2.05) is 32.0 Å². The summed E-state index contributed by atoms with van der Waals surface area (Å²) in [5.74, 6) is -0.664. The summed E-state index contributed by atoms with van der Waals surface area (Å²) in [6, 6.07) is 5.60. The summed E-state index contributed by atoms with van der Waals surface area (Å²) in [7, 11) is 0. The van der Waals surface area contributed by atoms with Gasteiger partial charge in [0.25, 0.3) is 0 Å². The van der Waals surface area contributed by atoms with Crippen LogP contribution in [0.15, 0.2) is 24.3 Å². The first-order chi connectivity index (χ1) is 17.5. The fourth-order valence-electron chi connectivity index (χ4n) is 5.06. The van der Waals surface area contributed by atoms with Crippen LogP contribution < -0.4 is 16.0 Å². The molecule has 3 amide bonds. The molecule has 37 heavy (non-hydrogen) atoms. The summed E-state index contributed by atoms with van der Waals surface area (Å²) in [6.45, 7) is 4.53. The highest BCUT2D eigenvalue weighted by Gasteiger charge is 2.33. The smallest absolute Gasteiger partial charge is 0.407 e. The van der Waals surface area contributed by atoms with Crippen molar-refractivity contribution in [3.8, 4) is 0 Å². The monoisotopic (exact) mass is 551 g/mol. The number of halogens is 1. The van der Waals surface area contributed by atoms with Crippen LogP contribution in [0.4, 0.5) is 4.79 Å². The van der Waals surface area contributed by atoms with Gasteiger partial charge >= 0.3 is 6.09 Å². The Morgan fingerprint density at radius 2 is 1.84 bits per heavy atom. The second-order valence-electron chi connectivity index (χ2n) is 10.8. The molecule has 10 heteroatoms. The van der Waals surface area contributed by atoms with Crippen molar-refractivity contribution in [1.82, 2.24) is 16.0 Å². The van der Waals surface area contributed by atoms with E-state index in [1.165, 1.54) is 6.42 Å². The molecule has 1 aliphatic carbocycles. The van der Waals surface area contributed by atoms with Gasteiger partial charge in [-0.25, -0.2) is 4.79 Å². The molecule has 1 heterocycles. The molecule has 3 rings (SSSR count). The second-order valence-corrected chi connectivity index (χ2v) is 11.7. The van der Waals surface area contributed by atoms with Gasteiger partial charge in [-0.1, -0.05) is 69.7 Å². The normalized spacial score (nSPS) is 20.0. The standard InChI is InChI=1S/C27H38ClN3O5S/c1-27(2,19-9-6-10-20(28)15-19)16-36-26(35)31-21(13-17-7-4-3-5-8-17)24(33)30-22(25(34)37)14-18-11-12-29-23(18)32/h6,9-10,15,17-18,21-22H,3-5,7-8,11-14,16H2,1-2H3,(H,29,32)(H,30,33)(H,31,35)(H,34,37)/t18-,21-,22-/m0/s1. The van der Waals surface area contributed by atoms with Crippen LogP contribution >= 0.6 is 24.2 Å². The van der Waals surface area contributed by atoms with Crippen molar-refractivity contribution in [3.05, 3.63) is 34.9 Å². The van der Waals surface area contributed by atoms with Gasteiger partial charge < -0.3 is 20.7 Å². The molecule has 0 spiro atoms. The first-order valence-corrected chi connectivity index (χ1v) is 13.9. The van der Waals surface area contributed by atoms with Crippen LogP contribution in [0.1, 0.15) is 70.8 Å². The Morgan fingerprint density at radius 1 is 1.11 bits per heavy atom. The molecule has 1 saturated heterocycles. The average Bonchev–Trinajstić information content (AvgIpc) is 3.26. The van der Waals surface area contributed by atoms with Crippen molar-refractivity contribution in [2.75, 3.05) is 13.2 Å². The highest BCUT2D eigenvalue weighted by Crippen LogP contribution is 2.28. The molecule has 1 aliphatic heterocycles. The SMILES string of the molecule is CC(C)(COC(=O)N[C@@H](CC1CCCCC1)C(=O)N[C@@H](C[C@@H]1CCNC1=O)C(=O)S)c1cccc(Cl)c1. The molecule has 2 aliphatic rings. The van der Waals surface area contributed by atoms with Crippen LogP contribution in [0.5, 0.6) is 0 Å². The van der Waals surface area contributed by atoms with Crippen LogP contribution in [-0.2, 0) is 24.5 Å². The van der Waals surface area contributed by atoms with Gasteiger partial charge in [-0.3, -0.25) is 14.4 Å². The molecule has 204 valence electrons. The third kappa shape index (κ3) is 8.92. The lowest BCUT2D eigenvalue weighted by molar-refractivity contribution is -0.128. The van der Waals surface area contributed by atoms with E-state index in [0.717, 1.165) is 31.2 Å². The van der Waals surface area contributed by atoms with Crippen LogP contribution in [0.25, 0.3) is 0 Å². The van der Waals surface area contributed by atoms with Crippen LogP contribution in [-0.4, -0.2) is 48.3 Å². The Labute approximate surface area is 229 Å². The van der Waals surface area contributed by atoms with Crippen LogP contribution in [0.2, 0.25) is 5.02 Å². The highest BCUT2D eigenvalue weighted by atomic mass is 35.5. The maximum Gasteiger partial charge on any atom is 0.407 e. The minimum atomic E-state index is -0.918. The summed E-state index contributed by atoms with van der Waals surface area (Å²) in [5.41, 5.74) is 0.435. The molecule has 3 N–H and O–H groups in total. The fraction of sp³-hybridized carbons (Fsp3) is 0.630. The molecule has 0 aromatic heterocycles. The van der Waals surface area contributed by atoms with Crippen molar-refractivity contribution in [3.63, 3.8) is 0 Å². The van der Waals surface area contributed by atoms with Crippen molar-refractivity contribution >= 4 is 47.3 Å². The number of hydrogen-bond acceptors (Lipinski definition) is 5. The number of alkyl carbamates (subject to hydrolysis) is 1. The maximum absolute atomic E-state index is 13.3. The Balaban J connectivity index is 1.64. The van der Waals surface area contributed by atoms with Crippen molar-refractivity contribution < 1.29 is 23.9 Å². The molecular weight excluding hydrogens is 514 g/mol. The number of benzene rings is 1. The van der Waals surface area contributed by atoms with E-state index in [4.69, 9.17) is 16.3 Å². The lowest BCUT2D eigenvalue weighted by atomic mass is 9.84. The molecule has 1 saturated carbocycles. The molecule has 1 aromatic carbocycles. The fourth-order valence-corrected chi connectivity index (χ4v) is 5.42. The quantitative estimate of drug-likeness (QED) is 0.309. The average molecular weight is 552 g/mol. The second kappa shape index (κ2) is 13.5. The van der Waals surface area contributed by atoms with Gasteiger partial charge in [0, 0.05) is 22.9 Å². The van der Waals surface area contributed by atoms with E-state index < -0.39 is 34.6 Å². The Morgan fingerprint density at radius 3 is 2.46 bits per heavy atom. The highest BCUT2D eigenvalue weighted by molar-refractivity contribution is 7.96. The largest absolute Gasteiger partial charge is 0.449 e. The zero-order valence-corrected chi connectivity index (χ0v) is 23.2. The van der Waals surface area contributed by atoms with Crippen molar-refractivity contribution in [2.24, 2.45) is 11.8 Å². The van der Waals surface area contributed by atoms with E-state index in [9.17, 15) is 19.2 Å².